The van der Waals surface area contributed by atoms with Gasteiger partial charge in [0.15, 0.2) is 0 Å². The van der Waals surface area contributed by atoms with Gasteiger partial charge in [-0.2, -0.15) is 4.37 Å². The molecule has 0 spiro atoms. The minimum atomic E-state index is 0.439. The number of hydrogen-bond donors (Lipinski definition) is 1. The van der Waals surface area contributed by atoms with E-state index in [1.54, 1.807) is 11.5 Å². The van der Waals surface area contributed by atoms with Gasteiger partial charge in [-0.15, -0.1) is 0 Å². The average molecular weight is 263 g/mol. The standard InChI is InChI=1S/C14H21N3S/c1-4-17(5-2)10-11(3)15-14-12-8-6-7-9-13(12)16-18-14/h6-9,11,15H,4-5,10H2,1-3H3. The van der Waals surface area contributed by atoms with Crippen LogP contribution < -0.4 is 5.32 Å². The van der Waals surface area contributed by atoms with Gasteiger partial charge in [-0.1, -0.05) is 26.0 Å². The zero-order chi connectivity index (χ0) is 13.0. The van der Waals surface area contributed by atoms with E-state index in [-0.39, 0.29) is 0 Å². The van der Waals surface area contributed by atoms with E-state index in [9.17, 15) is 0 Å². The maximum absolute atomic E-state index is 4.46. The van der Waals surface area contributed by atoms with E-state index in [0.717, 1.165) is 25.2 Å². The molecule has 0 fully saturated rings. The number of fused-ring (bicyclic) bond motifs is 1. The van der Waals surface area contributed by atoms with Gasteiger partial charge in [-0.25, -0.2) is 0 Å². The van der Waals surface area contributed by atoms with Gasteiger partial charge in [0.2, 0.25) is 0 Å². The fourth-order valence-corrected chi connectivity index (χ4v) is 3.01. The molecular formula is C14H21N3S. The van der Waals surface area contributed by atoms with Crippen LogP contribution in [0, 0.1) is 0 Å². The van der Waals surface area contributed by atoms with Crippen LogP contribution in [0.1, 0.15) is 20.8 Å². The summed E-state index contributed by atoms with van der Waals surface area (Å²) in [4.78, 5) is 2.43. The summed E-state index contributed by atoms with van der Waals surface area (Å²) in [5.41, 5.74) is 1.08. The van der Waals surface area contributed by atoms with Gasteiger partial charge in [-0.3, -0.25) is 0 Å². The van der Waals surface area contributed by atoms with E-state index >= 15 is 0 Å². The predicted molar refractivity (Wildman–Crippen MR) is 80.5 cm³/mol. The lowest BCUT2D eigenvalue weighted by molar-refractivity contribution is 0.295. The number of benzene rings is 1. The highest BCUT2D eigenvalue weighted by atomic mass is 32.1. The molecule has 1 N–H and O–H groups in total. The van der Waals surface area contributed by atoms with Crippen LogP contribution in [0.4, 0.5) is 5.00 Å². The first-order valence-corrected chi connectivity index (χ1v) is 7.35. The molecule has 18 heavy (non-hydrogen) atoms. The van der Waals surface area contributed by atoms with E-state index in [1.165, 1.54) is 10.4 Å². The third kappa shape index (κ3) is 3.00. The summed E-state index contributed by atoms with van der Waals surface area (Å²) < 4.78 is 4.46. The average Bonchev–Trinajstić information content (AvgIpc) is 2.79. The lowest BCUT2D eigenvalue weighted by atomic mass is 10.2. The van der Waals surface area contributed by atoms with E-state index in [2.05, 4.69) is 53.6 Å². The summed E-state index contributed by atoms with van der Waals surface area (Å²) in [6, 6.07) is 8.73. The highest BCUT2D eigenvalue weighted by Crippen LogP contribution is 2.27. The zero-order valence-electron chi connectivity index (χ0n) is 11.3. The van der Waals surface area contributed by atoms with E-state index < -0.39 is 0 Å². The lowest BCUT2D eigenvalue weighted by Gasteiger charge is -2.23. The van der Waals surface area contributed by atoms with Crippen molar-refractivity contribution in [3.05, 3.63) is 24.3 Å². The second-order valence-corrected chi connectivity index (χ2v) is 5.33. The van der Waals surface area contributed by atoms with E-state index in [0.29, 0.717) is 6.04 Å². The maximum Gasteiger partial charge on any atom is 0.117 e. The summed E-state index contributed by atoms with van der Waals surface area (Å²) in [5, 5.41) is 5.99. The molecule has 0 aliphatic carbocycles. The molecule has 1 heterocycles. The van der Waals surface area contributed by atoms with Gasteiger partial charge < -0.3 is 10.2 Å². The molecule has 0 saturated heterocycles. The van der Waals surface area contributed by atoms with Crippen molar-refractivity contribution in [1.82, 2.24) is 9.27 Å². The molecule has 0 amide bonds. The van der Waals surface area contributed by atoms with Gasteiger partial charge in [0.1, 0.15) is 5.00 Å². The van der Waals surface area contributed by atoms with Gasteiger partial charge >= 0.3 is 0 Å². The fourth-order valence-electron chi connectivity index (χ4n) is 2.13. The van der Waals surface area contributed by atoms with Crippen molar-refractivity contribution < 1.29 is 0 Å². The first kappa shape index (κ1) is 13.3. The van der Waals surface area contributed by atoms with Gasteiger partial charge in [-0.05, 0) is 43.7 Å². The van der Waals surface area contributed by atoms with Crippen molar-refractivity contribution in [2.45, 2.75) is 26.8 Å². The summed E-state index contributed by atoms with van der Waals surface area (Å²) in [6.45, 7) is 9.92. The molecular weight excluding hydrogens is 242 g/mol. The Labute approximate surface area is 113 Å². The highest BCUT2D eigenvalue weighted by Gasteiger charge is 2.10. The van der Waals surface area contributed by atoms with Gasteiger partial charge in [0, 0.05) is 18.0 Å². The molecule has 1 aromatic heterocycles. The van der Waals surface area contributed by atoms with Crippen LogP contribution in [0.2, 0.25) is 0 Å². The predicted octanol–water partition coefficient (Wildman–Crippen LogP) is 3.44. The van der Waals surface area contributed by atoms with Gasteiger partial charge in [0.25, 0.3) is 0 Å². The van der Waals surface area contributed by atoms with Crippen LogP contribution >= 0.6 is 11.5 Å². The summed E-state index contributed by atoms with van der Waals surface area (Å²) in [7, 11) is 0. The summed E-state index contributed by atoms with van der Waals surface area (Å²) >= 11 is 1.55. The first-order chi connectivity index (χ1) is 8.74. The van der Waals surface area contributed by atoms with Crippen LogP contribution in [0.15, 0.2) is 24.3 Å². The second kappa shape index (κ2) is 6.16. The second-order valence-electron chi connectivity index (χ2n) is 4.56. The summed E-state index contributed by atoms with van der Waals surface area (Å²) in [5.74, 6) is 0. The van der Waals surface area contributed by atoms with Crippen molar-refractivity contribution in [2.24, 2.45) is 0 Å². The number of likely N-dealkylation sites (N-methyl/N-ethyl adjacent to an activating group) is 1. The smallest absolute Gasteiger partial charge is 0.117 e. The largest absolute Gasteiger partial charge is 0.371 e. The molecule has 0 saturated carbocycles. The minimum absolute atomic E-state index is 0.439. The molecule has 1 unspecified atom stereocenters. The van der Waals surface area contributed by atoms with E-state index in [4.69, 9.17) is 0 Å². The van der Waals surface area contributed by atoms with Crippen molar-refractivity contribution in [1.29, 1.82) is 0 Å². The Hall–Kier alpha value is -1.13. The van der Waals surface area contributed by atoms with Crippen molar-refractivity contribution >= 4 is 27.4 Å². The molecule has 98 valence electrons. The third-order valence-electron chi connectivity index (χ3n) is 3.19. The molecule has 0 bridgehead atoms. The number of nitrogens with zero attached hydrogens (tertiary/aromatic N) is 2. The molecule has 2 rings (SSSR count). The zero-order valence-corrected chi connectivity index (χ0v) is 12.1. The molecule has 0 aliphatic heterocycles. The monoisotopic (exact) mass is 263 g/mol. The van der Waals surface area contributed by atoms with Crippen LogP contribution in [-0.2, 0) is 0 Å². The molecule has 0 radical (unpaired) electrons. The number of rotatable bonds is 6. The molecule has 3 nitrogen and oxygen atoms in total. The van der Waals surface area contributed by atoms with Crippen LogP contribution in [-0.4, -0.2) is 34.9 Å². The normalized spacial score (nSPS) is 13.1. The SMILES string of the molecule is CCN(CC)CC(C)Nc1snc2ccccc12. The van der Waals surface area contributed by atoms with Gasteiger partial charge in [0.05, 0.1) is 5.52 Å². The lowest BCUT2D eigenvalue weighted by Crippen LogP contribution is -2.34. The first-order valence-electron chi connectivity index (χ1n) is 6.57. The topological polar surface area (TPSA) is 28.2 Å². The molecule has 1 aromatic carbocycles. The van der Waals surface area contributed by atoms with Crippen LogP contribution in [0.5, 0.6) is 0 Å². The Morgan fingerprint density at radius 3 is 2.72 bits per heavy atom. The number of anilines is 1. The van der Waals surface area contributed by atoms with E-state index in [1.807, 2.05) is 6.07 Å². The Bertz CT molecular complexity index is 490. The maximum atomic E-state index is 4.46. The quantitative estimate of drug-likeness (QED) is 0.865. The highest BCUT2D eigenvalue weighted by molar-refractivity contribution is 7.11. The Kier molecular flexibility index (Phi) is 4.55. The molecule has 4 heteroatoms. The van der Waals surface area contributed by atoms with Crippen molar-refractivity contribution in [3.63, 3.8) is 0 Å². The number of aromatic nitrogens is 1. The minimum Gasteiger partial charge on any atom is -0.371 e. The Balaban J connectivity index is 2.04. The Morgan fingerprint density at radius 1 is 1.28 bits per heavy atom. The van der Waals surface area contributed by atoms with Crippen LogP contribution in [0.3, 0.4) is 0 Å². The molecule has 2 aromatic rings. The molecule has 1 atom stereocenters. The summed E-state index contributed by atoms with van der Waals surface area (Å²) in [6.07, 6.45) is 0. The Morgan fingerprint density at radius 2 is 2.00 bits per heavy atom. The number of hydrogen-bond acceptors (Lipinski definition) is 4. The fraction of sp³-hybridized carbons (Fsp3) is 0.500. The van der Waals surface area contributed by atoms with Crippen molar-refractivity contribution in [3.8, 4) is 0 Å². The third-order valence-corrected chi connectivity index (χ3v) is 4.00. The molecule has 0 aliphatic rings. The van der Waals surface area contributed by atoms with Crippen molar-refractivity contribution in [2.75, 3.05) is 25.0 Å². The van der Waals surface area contributed by atoms with Crippen LogP contribution in [0.25, 0.3) is 10.9 Å². The number of nitrogens with one attached hydrogen (secondary N) is 1.